The number of benzene rings is 1. The highest BCUT2D eigenvalue weighted by Crippen LogP contribution is 2.36. The molecule has 0 radical (unpaired) electrons. The molecule has 4 nitrogen and oxygen atoms in total. The number of rotatable bonds is 3. The first-order valence-electron chi connectivity index (χ1n) is 6.35. The summed E-state index contributed by atoms with van der Waals surface area (Å²) in [5, 5.41) is 2.52. The highest BCUT2D eigenvalue weighted by atomic mass is 19.4. The van der Waals surface area contributed by atoms with Crippen LogP contribution in [0.2, 0.25) is 0 Å². The van der Waals surface area contributed by atoms with Crippen molar-refractivity contribution in [2.75, 3.05) is 5.32 Å². The molecule has 1 heterocycles. The molecular weight excluding hydrogens is 285 g/mol. The van der Waals surface area contributed by atoms with E-state index in [2.05, 4.69) is 10.3 Å². The standard InChI is InChI=1S/C14H11F3N2O2/c15-14(16,17)10-3-9(12-6-18-7-21-12)4-11(5-10)19-13(20)8-1-2-8/h3-8H,1-2H2,(H,19,20). The van der Waals surface area contributed by atoms with Crippen molar-refractivity contribution in [1.82, 2.24) is 4.98 Å². The van der Waals surface area contributed by atoms with Gasteiger partial charge < -0.3 is 9.73 Å². The number of hydrogen-bond acceptors (Lipinski definition) is 3. The smallest absolute Gasteiger partial charge is 0.416 e. The quantitative estimate of drug-likeness (QED) is 0.939. The molecule has 1 aromatic heterocycles. The first kappa shape index (κ1) is 13.7. The van der Waals surface area contributed by atoms with Gasteiger partial charge >= 0.3 is 6.18 Å². The average molecular weight is 296 g/mol. The van der Waals surface area contributed by atoms with Gasteiger partial charge in [-0.1, -0.05) is 0 Å². The van der Waals surface area contributed by atoms with Gasteiger partial charge in [0.15, 0.2) is 12.2 Å². The van der Waals surface area contributed by atoms with Gasteiger partial charge in [0.05, 0.1) is 11.8 Å². The molecule has 3 rings (SSSR count). The molecule has 1 aromatic carbocycles. The minimum Gasteiger partial charge on any atom is -0.444 e. The number of aromatic nitrogens is 1. The first-order chi connectivity index (χ1) is 9.93. The van der Waals surface area contributed by atoms with Crippen molar-refractivity contribution in [3.63, 3.8) is 0 Å². The van der Waals surface area contributed by atoms with E-state index in [-0.39, 0.29) is 28.8 Å². The maximum absolute atomic E-state index is 12.9. The lowest BCUT2D eigenvalue weighted by Gasteiger charge is -2.12. The number of hydrogen-bond donors (Lipinski definition) is 1. The van der Waals surface area contributed by atoms with E-state index in [9.17, 15) is 18.0 Å². The average Bonchev–Trinajstić information content (AvgIpc) is 3.13. The normalized spacial score (nSPS) is 15.0. The predicted molar refractivity (Wildman–Crippen MR) is 68.3 cm³/mol. The van der Waals surface area contributed by atoms with Crippen LogP contribution in [0.5, 0.6) is 0 Å². The van der Waals surface area contributed by atoms with E-state index >= 15 is 0 Å². The van der Waals surface area contributed by atoms with E-state index < -0.39 is 11.7 Å². The number of anilines is 1. The van der Waals surface area contributed by atoms with E-state index in [0.717, 1.165) is 31.4 Å². The first-order valence-corrected chi connectivity index (χ1v) is 6.35. The molecule has 0 saturated heterocycles. The second-order valence-electron chi connectivity index (χ2n) is 4.93. The molecule has 21 heavy (non-hydrogen) atoms. The molecule has 1 fully saturated rings. The minimum absolute atomic E-state index is 0.0896. The topological polar surface area (TPSA) is 55.1 Å². The fraction of sp³-hybridized carbons (Fsp3) is 0.286. The summed E-state index contributed by atoms with van der Waals surface area (Å²) in [5.74, 6) is -0.130. The summed E-state index contributed by atoms with van der Waals surface area (Å²) in [6.07, 6.45) is -0.491. The maximum Gasteiger partial charge on any atom is 0.416 e. The predicted octanol–water partition coefficient (Wildman–Crippen LogP) is 3.71. The zero-order valence-electron chi connectivity index (χ0n) is 10.8. The number of carbonyl (C=O) groups excluding carboxylic acids is 1. The Bertz CT molecular complexity index is 661. The molecule has 7 heteroatoms. The van der Waals surface area contributed by atoms with Crippen LogP contribution in [0.25, 0.3) is 11.3 Å². The van der Waals surface area contributed by atoms with E-state index in [1.807, 2.05) is 0 Å². The van der Waals surface area contributed by atoms with Gasteiger partial charge in [0, 0.05) is 17.2 Å². The monoisotopic (exact) mass is 296 g/mol. The Morgan fingerprint density at radius 2 is 2.05 bits per heavy atom. The Labute approximate surface area is 118 Å². The number of halogens is 3. The number of nitrogens with zero attached hydrogens (tertiary/aromatic N) is 1. The van der Waals surface area contributed by atoms with Crippen LogP contribution in [-0.2, 0) is 11.0 Å². The highest BCUT2D eigenvalue weighted by Gasteiger charge is 2.33. The van der Waals surface area contributed by atoms with Crippen LogP contribution in [-0.4, -0.2) is 10.9 Å². The van der Waals surface area contributed by atoms with Gasteiger partial charge in [-0.2, -0.15) is 13.2 Å². The maximum atomic E-state index is 12.9. The van der Waals surface area contributed by atoms with Gasteiger partial charge in [-0.3, -0.25) is 4.79 Å². The third-order valence-corrected chi connectivity index (χ3v) is 3.19. The molecule has 1 N–H and O–H groups in total. The molecule has 1 aliphatic carbocycles. The molecule has 110 valence electrons. The number of nitrogens with one attached hydrogen (secondary N) is 1. The van der Waals surface area contributed by atoms with Gasteiger partial charge in [-0.15, -0.1) is 0 Å². The molecule has 1 amide bonds. The lowest BCUT2D eigenvalue weighted by Crippen LogP contribution is -2.14. The van der Waals surface area contributed by atoms with Crippen LogP contribution in [0.1, 0.15) is 18.4 Å². The number of carbonyl (C=O) groups is 1. The number of oxazole rings is 1. The Morgan fingerprint density at radius 1 is 1.29 bits per heavy atom. The molecule has 1 aliphatic rings. The molecule has 1 saturated carbocycles. The van der Waals surface area contributed by atoms with Crippen LogP contribution < -0.4 is 5.32 Å². The Kier molecular flexibility index (Phi) is 3.19. The van der Waals surface area contributed by atoms with E-state index in [1.54, 1.807) is 0 Å². The van der Waals surface area contributed by atoms with Crippen LogP contribution in [0.15, 0.2) is 35.2 Å². The van der Waals surface area contributed by atoms with Gasteiger partial charge in [-0.05, 0) is 31.0 Å². The van der Waals surface area contributed by atoms with Gasteiger partial charge in [0.25, 0.3) is 0 Å². The van der Waals surface area contributed by atoms with Crippen LogP contribution >= 0.6 is 0 Å². The summed E-state index contributed by atoms with van der Waals surface area (Å²) >= 11 is 0. The molecule has 0 spiro atoms. The molecule has 0 aliphatic heterocycles. The van der Waals surface area contributed by atoms with Crippen molar-refractivity contribution in [3.8, 4) is 11.3 Å². The SMILES string of the molecule is O=C(Nc1cc(-c2cnco2)cc(C(F)(F)F)c1)C1CC1. The molecule has 0 atom stereocenters. The summed E-state index contributed by atoms with van der Waals surface area (Å²) < 4.78 is 43.8. The lowest BCUT2D eigenvalue weighted by atomic mass is 10.1. The van der Waals surface area contributed by atoms with Crippen molar-refractivity contribution in [2.24, 2.45) is 5.92 Å². The minimum atomic E-state index is -4.50. The summed E-state index contributed by atoms with van der Waals surface area (Å²) in [5.41, 5.74) is -0.524. The Morgan fingerprint density at radius 3 is 2.62 bits per heavy atom. The van der Waals surface area contributed by atoms with Crippen molar-refractivity contribution < 1.29 is 22.4 Å². The van der Waals surface area contributed by atoms with Crippen molar-refractivity contribution in [3.05, 3.63) is 36.4 Å². The van der Waals surface area contributed by atoms with Crippen LogP contribution in [0.4, 0.5) is 18.9 Å². The molecule has 2 aromatic rings. The van der Waals surface area contributed by atoms with Gasteiger partial charge in [0.1, 0.15) is 0 Å². The molecular formula is C14H11F3N2O2. The lowest BCUT2D eigenvalue weighted by molar-refractivity contribution is -0.137. The highest BCUT2D eigenvalue weighted by molar-refractivity contribution is 5.94. The zero-order valence-corrected chi connectivity index (χ0v) is 10.8. The second-order valence-corrected chi connectivity index (χ2v) is 4.93. The van der Waals surface area contributed by atoms with E-state index in [0.29, 0.717) is 0 Å². The van der Waals surface area contributed by atoms with Gasteiger partial charge in [-0.25, -0.2) is 4.98 Å². The van der Waals surface area contributed by atoms with Gasteiger partial charge in [0.2, 0.25) is 5.91 Å². The Balaban J connectivity index is 1.98. The number of amides is 1. The Hall–Kier alpha value is -2.31. The van der Waals surface area contributed by atoms with Crippen molar-refractivity contribution in [1.29, 1.82) is 0 Å². The largest absolute Gasteiger partial charge is 0.444 e. The van der Waals surface area contributed by atoms with Crippen molar-refractivity contribution >= 4 is 11.6 Å². The van der Waals surface area contributed by atoms with E-state index in [4.69, 9.17) is 4.42 Å². The van der Waals surface area contributed by atoms with Crippen molar-refractivity contribution in [2.45, 2.75) is 19.0 Å². The summed E-state index contributed by atoms with van der Waals surface area (Å²) in [4.78, 5) is 15.4. The van der Waals surface area contributed by atoms with E-state index in [1.165, 1.54) is 12.3 Å². The fourth-order valence-corrected chi connectivity index (χ4v) is 1.95. The molecule has 0 unspecified atom stereocenters. The second kappa shape index (κ2) is 4.91. The summed E-state index contributed by atoms with van der Waals surface area (Å²) in [6, 6.07) is 3.32. The third kappa shape index (κ3) is 3.07. The fourth-order valence-electron chi connectivity index (χ4n) is 1.95. The van der Waals surface area contributed by atoms with Crippen LogP contribution in [0.3, 0.4) is 0 Å². The summed E-state index contributed by atoms with van der Waals surface area (Å²) in [6.45, 7) is 0. The molecule has 0 bridgehead atoms. The van der Waals surface area contributed by atoms with Crippen LogP contribution in [0, 0.1) is 5.92 Å². The summed E-state index contributed by atoms with van der Waals surface area (Å²) in [7, 11) is 0. The third-order valence-electron chi connectivity index (χ3n) is 3.19. The number of alkyl halides is 3. The zero-order chi connectivity index (χ0) is 15.0.